The van der Waals surface area contributed by atoms with E-state index in [9.17, 15) is 16.8 Å². The van der Waals surface area contributed by atoms with Gasteiger partial charge in [0, 0.05) is 19.1 Å². The standard InChI is InChI=1S/C15H24N2O5S2/c1-11-10-15(12(2)9-14(11)22-3)24(20,21)16-7-8-17(13-5-6-13)23(4,18)19/h9-10,13,16H,5-8H2,1-4H3. The highest BCUT2D eigenvalue weighted by Gasteiger charge is 2.34. The second-order valence-electron chi connectivity index (χ2n) is 6.09. The summed E-state index contributed by atoms with van der Waals surface area (Å²) in [5.41, 5.74) is 1.30. The van der Waals surface area contributed by atoms with Crippen LogP contribution in [-0.2, 0) is 20.0 Å². The first-order valence-electron chi connectivity index (χ1n) is 7.68. The number of nitrogens with zero attached hydrogens (tertiary/aromatic N) is 1. The summed E-state index contributed by atoms with van der Waals surface area (Å²) in [6, 6.07) is 3.25. The molecule has 0 radical (unpaired) electrons. The molecule has 0 aromatic heterocycles. The van der Waals surface area contributed by atoms with Crippen molar-refractivity contribution in [1.82, 2.24) is 9.03 Å². The van der Waals surface area contributed by atoms with Crippen molar-refractivity contribution >= 4 is 20.0 Å². The summed E-state index contributed by atoms with van der Waals surface area (Å²) in [5.74, 6) is 0.628. The molecule has 9 heteroatoms. The monoisotopic (exact) mass is 376 g/mol. The van der Waals surface area contributed by atoms with Crippen LogP contribution in [0, 0.1) is 13.8 Å². The second-order valence-corrected chi connectivity index (χ2v) is 9.76. The van der Waals surface area contributed by atoms with E-state index in [1.807, 2.05) is 0 Å². The first-order chi connectivity index (χ1) is 11.1. The van der Waals surface area contributed by atoms with Gasteiger partial charge in [-0.1, -0.05) is 0 Å². The van der Waals surface area contributed by atoms with Gasteiger partial charge in [-0.15, -0.1) is 0 Å². The lowest BCUT2D eigenvalue weighted by molar-refractivity contribution is 0.409. The topological polar surface area (TPSA) is 92.8 Å². The first kappa shape index (κ1) is 19.2. The van der Waals surface area contributed by atoms with Crippen molar-refractivity contribution in [3.8, 4) is 5.75 Å². The van der Waals surface area contributed by atoms with Crippen LogP contribution in [0.15, 0.2) is 17.0 Å². The Morgan fingerprint density at radius 1 is 1.17 bits per heavy atom. The largest absolute Gasteiger partial charge is 0.496 e. The lowest BCUT2D eigenvalue weighted by atomic mass is 10.1. The molecule has 0 atom stereocenters. The number of rotatable bonds is 8. The quantitative estimate of drug-likeness (QED) is 0.731. The zero-order valence-electron chi connectivity index (χ0n) is 14.4. The van der Waals surface area contributed by atoms with E-state index in [4.69, 9.17) is 4.74 Å². The SMILES string of the molecule is COc1cc(C)c(S(=O)(=O)NCCN(C2CC2)S(C)(=O)=O)cc1C. The normalized spacial score (nSPS) is 15.7. The summed E-state index contributed by atoms with van der Waals surface area (Å²) < 4.78 is 57.5. The predicted molar refractivity (Wildman–Crippen MR) is 92.2 cm³/mol. The number of methoxy groups -OCH3 is 1. The van der Waals surface area contributed by atoms with Gasteiger partial charge in [0.25, 0.3) is 0 Å². The number of hydrogen-bond donors (Lipinski definition) is 1. The Hall–Kier alpha value is -1.16. The van der Waals surface area contributed by atoms with E-state index in [1.165, 1.54) is 11.4 Å². The Labute approximate surface area is 144 Å². The van der Waals surface area contributed by atoms with Crippen LogP contribution >= 0.6 is 0 Å². The van der Waals surface area contributed by atoms with Crippen LogP contribution in [-0.4, -0.2) is 53.6 Å². The lowest BCUT2D eigenvalue weighted by Crippen LogP contribution is -2.39. The Kier molecular flexibility index (Phi) is 5.58. The molecule has 0 bridgehead atoms. The number of hydrogen-bond acceptors (Lipinski definition) is 5. The molecule has 7 nitrogen and oxygen atoms in total. The molecule has 24 heavy (non-hydrogen) atoms. The van der Waals surface area contributed by atoms with Crippen molar-refractivity contribution < 1.29 is 21.6 Å². The molecule has 0 spiro atoms. The Balaban J connectivity index is 2.10. The third kappa shape index (κ3) is 4.47. The summed E-state index contributed by atoms with van der Waals surface area (Å²) in [6.07, 6.45) is 2.81. The fraction of sp³-hybridized carbons (Fsp3) is 0.600. The third-order valence-electron chi connectivity index (χ3n) is 3.99. The minimum atomic E-state index is -3.71. The van der Waals surface area contributed by atoms with Crippen molar-refractivity contribution in [2.24, 2.45) is 0 Å². The van der Waals surface area contributed by atoms with Crippen molar-refractivity contribution in [3.63, 3.8) is 0 Å². The molecular formula is C15H24N2O5S2. The van der Waals surface area contributed by atoms with Crippen LogP contribution in [0.2, 0.25) is 0 Å². The molecule has 0 saturated heterocycles. The number of ether oxygens (including phenoxy) is 1. The van der Waals surface area contributed by atoms with E-state index < -0.39 is 20.0 Å². The smallest absolute Gasteiger partial charge is 0.240 e. The highest BCUT2D eigenvalue weighted by atomic mass is 32.2. The van der Waals surface area contributed by atoms with E-state index in [0.717, 1.165) is 24.7 Å². The van der Waals surface area contributed by atoms with E-state index in [1.54, 1.807) is 26.0 Å². The summed E-state index contributed by atoms with van der Waals surface area (Å²) in [6.45, 7) is 3.65. The summed E-state index contributed by atoms with van der Waals surface area (Å²) >= 11 is 0. The molecule has 1 fully saturated rings. The average molecular weight is 377 g/mol. The molecule has 0 aliphatic heterocycles. The lowest BCUT2D eigenvalue weighted by Gasteiger charge is -2.20. The molecule has 1 saturated carbocycles. The van der Waals surface area contributed by atoms with Crippen molar-refractivity contribution in [2.75, 3.05) is 26.5 Å². The van der Waals surface area contributed by atoms with E-state index in [0.29, 0.717) is 11.3 Å². The van der Waals surface area contributed by atoms with E-state index in [2.05, 4.69) is 4.72 Å². The molecule has 136 valence electrons. The van der Waals surface area contributed by atoms with E-state index >= 15 is 0 Å². The number of sulfonamides is 2. The van der Waals surface area contributed by atoms with Gasteiger partial charge in [0.05, 0.1) is 18.3 Å². The van der Waals surface area contributed by atoms with Crippen LogP contribution in [0.1, 0.15) is 24.0 Å². The Morgan fingerprint density at radius 3 is 2.29 bits per heavy atom. The van der Waals surface area contributed by atoms with Crippen LogP contribution in [0.5, 0.6) is 5.75 Å². The molecule has 0 heterocycles. The zero-order valence-corrected chi connectivity index (χ0v) is 16.0. The minimum Gasteiger partial charge on any atom is -0.496 e. The molecular weight excluding hydrogens is 352 g/mol. The van der Waals surface area contributed by atoms with Gasteiger partial charge >= 0.3 is 0 Å². The summed E-state index contributed by atoms with van der Waals surface area (Å²) in [7, 11) is -5.50. The highest BCUT2D eigenvalue weighted by Crippen LogP contribution is 2.28. The molecule has 1 aliphatic carbocycles. The summed E-state index contributed by atoms with van der Waals surface area (Å²) in [4.78, 5) is 0.179. The van der Waals surface area contributed by atoms with Crippen LogP contribution in [0.4, 0.5) is 0 Å². The van der Waals surface area contributed by atoms with Gasteiger partial charge < -0.3 is 4.74 Å². The third-order valence-corrected chi connectivity index (χ3v) is 6.92. The molecule has 0 amide bonds. The molecule has 0 unspecified atom stereocenters. The maximum atomic E-state index is 12.5. The fourth-order valence-corrected chi connectivity index (χ4v) is 5.13. The van der Waals surface area contributed by atoms with Crippen LogP contribution < -0.4 is 9.46 Å². The van der Waals surface area contributed by atoms with Gasteiger partial charge in [-0.3, -0.25) is 0 Å². The second kappa shape index (κ2) is 6.99. The first-order valence-corrected chi connectivity index (χ1v) is 11.0. The maximum absolute atomic E-state index is 12.5. The maximum Gasteiger partial charge on any atom is 0.240 e. The Bertz CT molecular complexity index is 815. The van der Waals surface area contributed by atoms with Crippen LogP contribution in [0.3, 0.4) is 0 Å². The van der Waals surface area contributed by atoms with Gasteiger partial charge in [-0.05, 0) is 49.9 Å². The predicted octanol–water partition coefficient (Wildman–Crippen LogP) is 1.01. The molecule has 1 aromatic carbocycles. The van der Waals surface area contributed by atoms with Crippen LogP contribution in [0.25, 0.3) is 0 Å². The van der Waals surface area contributed by atoms with Gasteiger partial charge in [0.2, 0.25) is 20.0 Å². The average Bonchev–Trinajstić information content (AvgIpc) is 3.28. The van der Waals surface area contributed by atoms with Gasteiger partial charge in [-0.25, -0.2) is 21.6 Å². The zero-order chi connectivity index (χ0) is 18.1. The molecule has 1 N–H and O–H groups in total. The van der Waals surface area contributed by atoms with Crippen molar-refractivity contribution in [2.45, 2.75) is 37.6 Å². The molecule has 1 aromatic rings. The Morgan fingerprint density at radius 2 is 1.79 bits per heavy atom. The fourth-order valence-electron chi connectivity index (χ4n) is 2.62. The summed E-state index contributed by atoms with van der Waals surface area (Å²) in [5, 5.41) is 0. The van der Waals surface area contributed by atoms with E-state index in [-0.39, 0.29) is 24.0 Å². The number of benzene rings is 1. The molecule has 2 rings (SSSR count). The highest BCUT2D eigenvalue weighted by molar-refractivity contribution is 7.89. The number of aryl methyl sites for hydroxylation is 2. The van der Waals surface area contributed by atoms with Gasteiger partial charge in [-0.2, -0.15) is 4.31 Å². The van der Waals surface area contributed by atoms with Crippen molar-refractivity contribution in [1.29, 1.82) is 0 Å². The number of nitrogens with one attached hydrogen (secondary N) is 1. The van der Waals surface area contributed by atoms with Gasteiger partial charge in [0.15, 0.2) is 0 Å². The van der Waals surface area contributed by atoms with Gasteiger partial charge in [0.1, 0.15) is 5.75 Å². The van der Waals surface area contributed by atoms with Crippen molar-refractivity contribution in [3.05, 3.63) is 23.3 Å². The minimum absolute atomic E-state index is 0.00877. The molecule has 1 aliphatic rings.